The number of benzene rings is 1. The second kappa shape index (κ2) is 4.19. The molecule has 0 spiro atoms. The van der Waals surface area contributed by atoms with E-state index in [4.69, 9.17) is 4.74 Å². The second-order valence-corrected chi connectivity index (χ2v) is 4.57. The molecule has 1 aliphatic rings. The van der Waals surface area contributed by atoms with Crippen LogP contribution in [0.2, 0.25) is 0 Å². The largest absolute Gasteiger partial charge is 0.447 e. The molecule has 1 aromatic rings. The lowest BCUT2D eigenvalue weighted by Gasteiger charge is -2.32. The van der Waals surface area contributed by atoms with Crippen LogP contribution in [0.15, 0.2) is 29.8 Å². The highest BCUT2D eigenvalue weighted by Crippen LogP contribution is 2.44. The number of cyclic esters (lactones) is 1. The molecule has 1 atom stereocenters. The molecule has 0 radical (unpaired) electrons. The van der Waals surface area contributed by atoms with Gasteiger partial charge in [0.25, 0.3) is 0 Å². The highest BCUT2D eigenvalue weighted by Gasteiger charge is 2.49. The average molecular weight is 252 g/mol. The zero-order valence-electron chi connectivity index (χ0n) is 10.5. The molecule has 1 aliphatic heterocycles. The predicted octanol–water partition coefficient (Wildman–Crippen LogP) is 3.48. The quantitative estimate of drug-likeness (QED) is 0.715. The second-order valence-electron chi connectivity index (χ2n) is 4.57. The highest BCUT2D eigenvalue weighted by molar-refractivity contribution is 5.84. The number of carbonyl (C=O) groups is 1. The third-order valence-electron chi connectivity index (χ3n) is 3.23. The summed E-state index contributed by atoms with van der Waals surface area (Å²) in [6.07, 6.45) is -0.680. The Bertz CT molecular complexity index is 512. The summed E-state index contributed by atoms with van der Waals surface area (Å²) in [6, 6.07) is 5.26. The number of halogens is 2. The molecule has 0 bridgehead atoms. The van der Waals surface area contributed by atoms with Crippen molar-refractivity contribution in [3.63, 3.8) is 0 Å². The molecule has 0 amide bonds. The number of rotatable bonds is 1. The van der Waals surface area contributed by atoms with Gasteiger partial charge in [-0.05, 0) is 31.9 Å². The number of carbonyl (C=O) groups excluding carboxylic acids is 1. The van der Waals surface area contributed by atoms with E-state index in [0.29, 0.717) is 16.7 Å². The van der Waals surface area contributed by atoms with Crippen LogP contribution in [0.5, 0.6) is 0 Å². The predicted molar refractivity (Wildman–Crippen MR) is 63.5 cm³/mol. The minimum absolute atomic E-state index is 0.258. The van der Waals surface area contributed by atoms with Crippen molar-refractivity contribution >= 4 is 5.97 Å². The Hall–Kier alpha value is -1.71. The lowest BCUT2D eigenvalue weighted by atomic mass is 9.90. The molecule has 0 aliphatic carbocycles. The van der Waals surface area contributed by atoms with Gasteiger partial charge in [0.05, 0.1) is 0 Å². The summed E-state index contributed by atoms with van der Waals surface area (Å²) in [5, 5.41) is 0. The van der Waals surface area contributed by atoms with E-state index in [0.717, 1.165) is 6.08 Å². The Morgan fingerprint density at radius 3 is 2.28 bits per heavy atom. The number of aryl methyl sites for hydroxylation is 2. The smallest absolute Gasteiger partial charge is 0.331 e. The van der Waals surface area contributed by atoms with Crippen molar-refractivity contribution in [1.29, 1.82) is 0 Å². The van der Waals surface area contributed by atoms with Gasteiger partial charge in [-0.3, -0.25) is 0 Å². The SMILES string of the molecule is CC1=CC(=O)OC(c2c(C)cccc2C)C1(F)F. The molecule has 1 heterocycles. The summed E-state index contributed by atoms with van der Waals surface area (Å²) in [5.74, 6) is -3.88. The molecule has 2 nitrogen and oxygen atoms in total. The molecule has 0 N–H and O–H groups in total. The van der Waals surface area contributed by atoms with E-state index in [9.17, 15) is 13.6 Å². The molecule has 0 saturated carbocycles. The molecular weight excluding hydrogens is 238 g/mol. The van der Waals surface area contributed by atoms with Gasteiger partial charge in [-0.15, -0.1) is 0 Å². The zero-order valence-corrected chi connectivity index (χ0v) is 10.5. The molecule has 18 heavy (non-hydrogen) atoms. The Morgan fingerprint density at radius 1 is 1.17 bits per heavy atom. The summed E-state index contributed by atoms with van der Waals surface area (Å²) in [7, 11) is 0. The molecule has 96 valence electrons. The summed E-state index contributed by atoms with van der Waals surface area (Å²) >= 11 is 0. The van der Waals surface area contributed by atoms with Crippen LogP contribution in [0.25, 0.3) is 0 Å². The molecular formula is C14H14F2O2. The number of ether oxygens (including phenoxy) is 1. The lowest BCUT2D eigenvalue weighted by Crippen LogP contribution is -2.36. The molecule has 0 fully saturated rings. The van der Waals surface area contributed by atoms with Crippen molar-refractivity contribution in [2.45, 2.75) is 32.8 Å². The first-order valence-electron chi connectivity index (χ1n) is 5.67. The third-order valence-corrected chi connectivity index (χ3v) is 3.23. The van der Waals surface area contributed by atoms with Gasteiger partial charge >= 0.3 is 11.9 Å². The van der Waals surface area contributed by atoms with E-state index in [1.807, 2.05) is 0 Å². The third kappa shape index (κ3) is 1.92. The van der Waals surface area contributed by atoms with Crippen molar-refractivity contribution in [3.8, 4) is 0 Å². The van der Waals surface area contributed by atoms with Crippen molar-refractivity contribution in [2.24, 2.45) is 0 Å². The summed E-state index contributed by atoms with van der Waals surface area (Å²) in [4.78, 5) is 11.3. The fourth-order valence-electron chi connectivity index (χ4n) is 2.19. The first kappa shape index (κ1) is 12.7. The lowest BCUT2D eigenvalue weighted by molar-refractivity contribution is -0.168. The first-order chi connectivity index (χ1) is 8.34. The highest BCUT2D eigenvalue weighted by atomic mass is 19.3. The molecule has 1 aromatic carbocycles. The maximum absolute atomic E-state index is 14.1. The first-order valence-corrected chi connectivity index (χ1v) is 5.67. The van der Waals surface area contributed by atoms with Crippen LogP contribution in [0.1, 0.15) is 29.7 Å². The molecule has 4 heteroatoms. The number of esters is 1. The van der Waals surface area contributed by atoms with Crippen molar-refractivity contribution in [1.82, 2.24) is 0 Å². The van der Waals surface area contributed by atoms with Gasteiger partial charge in [-0.2, -0.15) is 8.78 Å². The molecule has 0 saturated heterocycles. The van der Waals surface area contributed by atoms with Gasteiger partial charge in [0.15, 0.2) is 6.10 Å². The van der Waals surface area contributed by atoms with E-state index in [1.54, 1.807) is 32.0 Å². The van der Waals surface area contributed by atoms with Crippen LogP contribution in [-0.4, -0.2) is 11.9 Å². The minimum Gasteiger partial charge on any atom is -0.447 e. The summed E-state index contributed by atoms with van der Waals surface area (Å²) in [5.41, 5.74) is 1.53. The maximum Gasteiger partial charge on any atom is 0.331 e. The fraction of sp³-hybridized carbons (Fsp3) is 0.357. The van der Waals surface area contributed by atoms with E-state index in [1.165, 1.54) is 6.92 Å². The van der Waals surface area contributed by atoms with Crippen LogP contribution < -0.4 is 0 Å². The van der Waals surface area contributed by atoms with Gasteiger partial charge in [0.1, 0.15) is 0 Å². The average Bonchev–Trinajstić information content (AvgIpc) is 2.25. The van der Waals surface area contributed by atoms with Crippen LogP contribution in [0.3, 0.4) is 0 Å². The van der Waals surface area contributed by atoms with E-state index >= 15 is 0 Å². The van der Waals surface area contributed by atoms with Crippen LogP contribution in [-0.2, 0) is 9.53 Å². The Morgan fingerprint density at radius 2 is 1.72 bits per heavy atom. The molecule has 0 aromatic heterocycles. The van der Waals surface area contributed by atoms with E-state index in [-0.39, 0.29) is 5.57 Å². The van der Waals surface area contributed by atoms with Gasteiger partial charge in [0.2, 0.25) is 0 Å². The molecule has 2 rings (SSSR count). The standard InChI is InChI=1S/C14H14F2O2/c1-8-5-4-6-9(2)12(8)13-14(15,16)10(3)7-11(17)18-13/h4-7,13H,1-3H3. The normalized spacial score (nSPS) is 22.4. The summed E-state index contributed by atoms with van der Waals surface area (Å²) in [6.45, 7) is 4.72. The Kier molecular flexibility index (Phi) is 2.97. The fourth-order valence-corrected chi connectivity index (χ4v) is 2.19. The summed E-state index contributed by atoms with van der Waals surface area (Å²) < 4.78 is 33.1. The topological polar surface area (TPSA) is 26.3 Å². The number of hydrogen-bond acceptors (Lipinski definition) is 2. The van der Waals surface area contributed by atoms with Gasteiger partial charge < -0.3 is 4.74 Å². The monoisotopic (exact) mass is 252 g/mol. The van der Waals surface area contributed by atoms with Gasteiger partial charge in [-0.1, -0.05) is 18.2 Å². The van der Waals surface area contributed by atoms with Crippen molar-refractivity contribution in [2.75, 3.05) is 0 Å². The molecule has 1 unspecified atom stereocenters. The van der Waals surface area contributed by atoms with E-state index < -0.39 is 18.0 Å². The Labute approximate surface area is 104 Å². The Balaban J connectivity index is 2.57. The van der Waals surface area contributed by atoms with Crippen molar-refractivity contribution < 1.29 is 18.3 Å². The van der Waals surface area contributed by atoms with Crippen LogP contribution in [0, 0.1) is 13.8 Å². The van der Waals surface area contributed by atoms with Crippen LogP contribution >= 0.6 is 0 Å². The maximum atomic E-state index is 14.1. The van der Waals surface area contributed by atoms with Crippen molar-refractivity contribution in [3.05, 3.63) is 46.5 Å². The van der Waals surface area contributed by atoms with Crippen LogP contribution in [0.4, 0.5) is 8.78 Å². The zero-order chi connectivity index (χ0) is 13.5. The van der Waals surface area contributed by atoms with Gasteiger partial charge in [0, 0.05) is 17.2 Å². The number of hydrogen-bond donors (Lipinski definition) is 0. The van der Waals surface area contributed by atoms with E-state index in [2.05, 4.69) is 0 Å². The minimum atomic E-state index is -3.16. The van der Waals surface area contributed by atoms with Gasteiger partial charge in [-0.25, -0.2) is 4.79 Å². The number of alkyl halides is 2.